The SMILES string of the molecule is COC[C@@H]1CN(c2cccc3c2C[C@H](CN(C)[C@H]2CCCc4cccnc42)NC3)CCN1C. The number of hydrogen-bond donors (Lipinski definition) is 1. The molecule has 1 aromatic heterocycles. The van der Waals surface area contributed by atoms with Crippen molar-refractivity contribution in [1.82, 2.24) is 20.1 Å². The molecule has 6 nitrogen and oxygen atoms in total. The van der Waals surface area contributed by atoms with E-state index in [9.17, 15) is 0 Å². The van der Waals surface area contributed by atoms with Gasteiger partial charge < -0.3 is 15.0 Å². The molecule has 1 saturated heterocycles. The number of likely N-dealkylation sites (N-methyl/N-ethyl adjacent to an activating group) is 2. The van der Waals surface area contributed by atoms with Crippen molar-refractivity contribution in [2.24, 2.45) is 0 Å². The van der Waals surface area contributed by atoms with Gasteiger partial charge in [0.2, 0.25) is 0 Å². The fraction of sp³-hybridized carbons (Fsp3) is 0.593. The van der Waals surface area contributed by atoms with E-state index in [2.05, 4.69) is 64.4 Å². The van der Waals surface area contributed by atoms with Gasteiger partial charge in [0.25, 0.3) is 0 Å². The number of aryl methyl sites for hydroxylation is 1. The number of nitrogens with zero attached hydrogens (tertiary/aromatic N) is 4. The molecule has 0 unspecified atom stereocenters. The van der Waals surface area contributed by atoms with E-state index < -0.39 is 0 Å². The first-order valence-corrected chi connectivity index (χ1v) is 12.6. The van der Waals surface area contributed by atoms with Crippen LogP contribution in [0.3, 0.4) is 0 Å². The Morgan fingerprint density at radius 2 is 2.06 bits per heavy atom. The zero-order chi connectivity index (χ0) is 22.8. The van der Waals surface area contributed by atoms with Crippen LogP contribution >= 0.6 is 0 Å². The first-order chi connectivity index (χ1) is 16.1. The second-order valence-corrected chi connectivity index (χ2v) is 10.1. The van der Waals surface area contributed by atoms with Crippen LogP contribution < -0.4 is 10.2 Å². The van der Waals surface area contributed by atoms with Crippen molar-refractivity contribution in [3.05, 3.63) is 58.9 Å². The van der Waals surface area contributed by atoms with Gasteiger partial charge in [-0.15, -0.1) is 0 Å². The molecule has 3 aliphatic rings. The van der Waals surface area contributed by atoms with Crippen molar-refractivity contribution >= 4 is 5.69 Å². The predicted molar refractivity (Wildman–Crippen MR) is 134 cm³/mol. The standard InChI is InChI=1S/C27H39N5O/c1-30-13-14-32(18-23(30)19-33-3)25-10-5-8-21-16-29-22(15-24(21)25)17-31(2)26-11-4-7-20-9-6-12-28-27(20)26/h5-6,8-10,12,22-23,26,29H,4,7,11,13-19H2,1-3H3/t22-,23+,26+/m1/s1. The summed E-state index contributed by atoms with van der Waals surface area (Å²) in [5.74, 6) is 0. The summed E-state index contributed by atoms with van der Waals surface area (Å²) in [6.07, 6.45) is 6.67. The lowest BCUT2D eigenvalue weighted by Gasteiger charge is -2.42. The third-order valence-corrected chi connectivity index (χ3v) is 7.96. The number of ether oxygens (including phenoxy) is 1. The third kappa shape index (κ3) is 4.80. The lowest BCUT2D eigenvalue weighted by atomic mass is 9.89. The second kappa shape index (κ2) is 10.1. The van der Waals surface area contributed by atoms with Gasteiger partial charge >= 0.3 is 0 Å². The molecular formula is C27H39N5O. The Labute approximate surface area is 198 Å². The highest BCUT2D eigenvalue weighted by molar-refractivity contribution is 5.58. The maximum atomic E-state index is 5.50. The zero-order valence-electron chi connectivity index (χ0n) is 20.5. The van der Waals surface area contributed by atoms with E-state index in [1.54, 1.807) is 0 Å². The molecule has 2 aliphatic heterocycles. The lowest BCUT2D eigenvalue weighted by molar-refractivity contribution is 0.0986. The van der Waals surface area contributed by atoms with Crippen LogP contribution in [0.25, 0.3) is 0 Å². The van der Waals surface area contributed by atoms with Crippen LogP contribution in [-0.2, 0) is 24.1 Å². The molecule has 5 rings (SSSR count). The summed E-state index contributed by atoms with van der Waals surface area (Å²) in [5, 5.41) is 3.83. The molecule has 2 aromatic rings. The number of rotatable bonds is 6. The van der Waals surface area contributed by atoms with Gasteiger partial charge in [-0.2, -0.15) is 0 Å². The quantitative estimate of drug-likeness (QED) is 0.732. The molecule has 1 fully saturated rings. The van der Waals surface area contributed by atoms with Crippen LogP contribution in [0, 0.1) is 0 Å². The van der Waals surface area contributed by atoms with E-state index in [4.69, 9.17) is 9.72 Å². The highest BCUT2D eigenvalue weighted by atomic mass is 16.5. The third-order valence-electron chi connectivity index (χ3n) is 7.96. The van der Waals surface area contributed by atoms with Crippen LogP contribution in [0.4, 0.5) is 5.69 Å². The first-order valence-electron chi connectivity index (χ1n) is 12.6. The number of nitrogens with one attached hydrogen (secondary N) is 1. The Balaban J connectivity index is 1.30. The fourth-order valence-electron chi connectivity index (χ4n) is 6.05. The highest BCUT2D eigenvalue weighted by Crippen LogP contribution is 2.34. The van der Waals surface area contributed by atoms with E-state index >= 15 is 0 Å². The molecule has 3 heterocycles. The Bertz CT molecular complexity index is 950. The topological polar surface area (TPSA) is 43.9 Å². The number of benzene rings is 1. The zero-order valence-corrected chi connectivity index (χ0v) is 20.5. The number of pyridine rings is 1. The van der Waals surface area contributed by atoms with Crippen molar-refractivity contribution in [2.45, 2.75) is 50.4 Å². The number of hydrogen-bond acceptors (Lipinski definition) is 6. The number of anilines is 1. The van der Waals surface area contributed by atoms with E-state index in [1.165, 1.54) is 47.3 Å². The van der Waals surface area contributed by atoms with Crippen molar-refractivity contribution < 1.29 is 4.74 Å². The second-order valence-electron chi connectivity index (χ2n) is 10.1. The monoisotopic (exact) mass is 449 g/mol. The molecule has 1 aliphatic carbocycles. The van der Waals surface area contributed by atoms with Gasteiger partial charge in [-0.3, -0.25) is 14.8 Å². The van der Waals surface area contributed by atoms with Crippen LogP contribution in [0.2, 0.25) is 0 Å². The minimum atomic E-state index is 0.431. The molecular weight excluding hydrogens is 410 g/mol. The number of piperazine rings is 1. The van der Waals surface area contributed by atoms with Crippen LogP contribution in [0.5, 0.6) is 0 Å². The van der Waals surface area contributed by atoms with Crippen LogP contribution in [-0.4, -0.2) is 80.9 Å². The number of aromatic nitrogens is 1. The Kier molecular flexibility index (Phi) is 6.97. The lowest BCUT2D eigenvalue weighted by Crippen LogP contribution is -2.54. The summed E-state index contributed by atoms with van der Waals surface area (Å²) in [7, 11) is 6.31. The summed E-state index contributed by atoms with van der Waals surface area (Å²) in [4.78, 5) is 12.3. The summed E-state index contributed by atoms with van der Waals surface area (Å²) in [5.41, 5.74) is 7.16. The minimum absolute atomic E-state index is 0.431. The Hall–Kier alpha value is -1.99. The highest BCUT2D eigenvalue weighted by Gasteiger charge is 2.30. The molecule has 3 atom stereocenters. The molecule has 178 valence electrons. The van der Waals surface area contributed by atoms with Gasteiger partial charge in [-0.25, -0.2) is 0 Å². The molecule has 0 bridgehead atoms. The minimum Gasteiger partial charge on any atom is -0.383 e. The summed E-state index contributed by atoms with van der Waals surface area (Å²) in [6.45, 7) is 5.98. The van der Waals surface area contributed by atoms with E-state index in [1.807, 2.05) is 13.3 Å². The maximum Gasteiger partial charge on any atom is 0.0635 e. The average Bonchev–Trinajstić information content (AvgIpc) is 2.85. The van der Waals surface area contributed by atoms with Gasteiger partial charge in [-0.1, -0.05) is 18.2 Å². The van der Waals surface area contributed by atoms with Crippen LogP contribution in [0.1, 0.15) is 41.3 Å². The molecule has 0 radical (unpaired) electrons. The van der Waals surface area contributed by atoms with Gasteiger partial charge in [-0.05, 0) is 68.6 Å². The van der Waals surface area contributed by atoms with Crippen molar-refractivity contribution in [1.29, 1.82) is 0 Å². The summed E-state index contributed by atoms with van der Waals surface area (Å²) in [6, 6.07) is 12.5. The maximum absolute atomic E-state index is 5.50. The van der Waals surface area contributed by atoms with Gasteiger partial charge in [0.15, 0.2) is 0 Å². The predicted octanol–water partition coefficient (Wildman–Crippen LogP) is 2.87. The summed E-state index contributed by atoms with van der Waals surface area (Å²) >= 11 is 0. The Morgan fingerprint density at radius 3 is 2.94 bits per heavy atom. The average molecular weight is 450 g/mol. The molecule has 1 N–H and O–H groups in total. The molecule has 0 saturated carbocycles. The van der Waals surface area contributed by atoms with Crippen molar-refractivity contribution in [3.63, 3.8) is 0 Å². The smallest absolute Gasteiger partial charge is 0.0635 e. The first kappa shape index (κ1) is 22.8. The Morgan fingerprint density at radius 1 is 1.18 bits per heavy atom. The fourth-order valence-corrected chi connectivity index (χ4v) is 6.05. The number of fused-ring (bicyclic) bond motifs is 2. The molecule has 33 heavy (non-hydrogen) atoms. The van der Waals surface area contributed by atoms with Crippen molar-refractivity contribution in [2.75, 3.05) is 58.9 Å². The van der Waals surface area contributed by atoms with Crippen molar-refractivity contribution in [3.8, 4) is 0 Å². The van der Waals surface area contributed by atoms with E-state index in [0.29, 0.717) is 18.1 Å². The number of methoxy groups -OCH3 is 1. The summed E-state index contributed by atoms with van der Waals surface area (Å²) < 4.78 is 5.50. The van der Waals surface area contributed by atoms with Gasteiger partial charge in [0.1, 0.15) is 0 Å². The molecule has 0 amide bonds. The van der Waals surface area contributed by atoms with E-state index in [0.717, 1.165) is 45.8 Å². The van der Waals surface area contributed by atoms with E-state index in [-0.39, 0.29) is 0 Å². The van der Waals surface area contributed by atoms with Crippen LogP contribution in [0.15, 0.2) is 36.5 Å². The van der Waals surface area contributed by atoms with Gasteiger partial charge in [0, 0.05) is 57.8 Å². The molecule has 0 spiro atoms. The van der Waals surface area contributed by atoms with Gasteiger partial charge in [0.05, 0.1) is 24.4 Å². The molecule has 6 heteroatoms. The normalized spacial score (nSPS) is 25.7. The largest absolute Gasteiger partial charge is 0.383 e. The molecule has 1 aromatic carbocycles.